The van der Waals surface area contributed by atoms with Crippen LogP contribution in [0.5, 0.6) is 0 Å². The van der Waals surface area contributed by atoms with Crippen LogP contribution in [-0.2, 0) is 23.7 Å². The first-order chi connectivity index (χ1) is 33.1. The fraction of sp³-hybridized carbons (Fsp3) is 0.981. The van der Waals surface area contributed by atoms with E-state index in [2.05, 4.69) is 19.2 Å². The van der Waals surface area contributed by atoms with Crippen LogP contribution in [0.15, 0.2) is 0 Å². The highest BCUT2D eigenvalue weighted by Gasteiger charge is 2.51. The first kappa shape index (κ1) is 63.1. The van der Waals surface area contributed by atoms with Gasteiger partial charge in [0.15, 0.2) is 12.6 Å². The highest BCUT2D eigenvalue weighted by atomic mass is 16.7. The molecule has 0 saturated carbocycles. The van der Waals surface area contributed by atoms with E-state index in [0.717, 1.165) is 51.4 Å². The molecule has 0 radical (unpaired) electrons. The summed E-state index contributed by atoms with van der Waals surface area (Å²) in [6.07, 6.45) is 27.1. The number of carbonyl (C=O) groups is 1. The maximum atomic E-state index is 13.1. The second-order valence-electron chi connectivity index (χ2n) is 20.4. The Morgan fingerprint density at radius 3 is 1.25 bits per heavy atom. The molecule has 2 saturated heterocycles. The van der Waals surface area contributed by atoms with Crippen molar-refractivity contribution < 1.29 is 64.6 Å². The number of hydrogen-bond donors (Lipinski definition) is 9. The zero-order valence-electron chi connectivity index (χ0n) is 43.1. The minimum absolute atomic E-state index is 0.208. The van der Waals surface area contributed by atoms with Crippen molar-refractivity contribution in [2.24, 2.45) is 0 Å². The van der Waals surface area contributed by atoms with E-state index in [1.54, 1.807) is 0 Å². The van der Waals surface area contributed by atoms with Gasteiger partial charge in [0.05, 0.1) is 32.0 Å². The van der Waals surface area contributed by atoms with Crippen molar-refractivity contribution >= 4 is 5.91 Å². The largest absolute Gasteiger partial charge is 0.394 e. The van der Waals surface area contributed by atoms with Gasteiger partial charge in [-0.25, -0.2) is 0 Å². The van der Waals surface area contributed by atoms with Gasteiger partial charge >= 0.3 is 0 Å². The van der Waals surface area contributed by atoms with Crippen LogP contribution < -0.4 is 5.32 Å². The third-order valence-corrected chi connectivity index (χ3v) is 14.3. The number of amides is 1. The van der Waals surface area contributed by atoms with Crippen LogP contribution in [0.3, 0.4) is 0 Å². The van der Waals surface area contributed by atoms with E-state index in [0.29, 0.717) is 12.8 Å². The monoisotopic (exact) mass is 976 g/mol. The molecule has 2 heterocycles. The van der Waals surface area contributed by atoms with Crippen LogP contribution >= 0.6 is 0 Å². The lowest BCUT2D eigenvalue weighted by Crippen LogP contribution is -2.65. The second kappa shape index (κ2) is 41.5. The molecule has 2 rings (SSSR count). The summed E-state index contributed by atoms with van der Waals surface area (Å²) in [6, 6.07) is -0.820. The minimum atomic E-state index is -1.78. The summed E-state index contributed by atoms with van der Waals surface area (Å²) in [7, 11) is 0. The molecule has 1 amide bonds. The second-order valence-corrected chi connectivity index (χ2v) is 20.4. The van der Waals surface area contributed by atoms with Crippen molar-refractivity contribution in [1.29, 1.82) is 0 Å². The smallest absolute Gasteiger partial charge is 0.220 e. The average molecular weight is 976 g/mol. The molecule has 68 heavy (non-hydrogen) atoms. The molecule has 14 heteroatoms. The Kier molecular flexibility index (Phi) is 38.5. The van der Waals surface area contributed by atoms with Crippen molar-refractivity contribution in [3.05, 3.63) is 0 Å². The van der Waals surface area contributed by atoms with Crippen LogP contribution in [0, 0.1) is 0 Å². The Balaban J connectivity index is 1.67. The van der Waals surface area contributed by atoms with Crippen LogP contribution in [0.4, 0.5) is 0 Å². The summed E-state index contributed by atoms with van der Waals surface area (Å²) in [5.41, 5.74) is 0. The number of aliphatic hydroxyl groups excluding tert-OH is 8. The minimum Gasteiger partial charge on any atom is -0.394 e. The van der Waals surface area contributed by atoms with Crippen molar-refractivity contribution in [1.82, 2.24) is 5.32 Å². The van der Waals surface area contributed by atoms with E-state index in [-0.39, 0.29) is 12.5 Å². The number of carbonyl (C=O) groups excluding carboxylic acids is 1. The lowest BCUT2D eigenvalue weighted by Gasteiger charge is -2.46. The molecule has 0 aromatic heterocycles. The van der Waals surface area contributed by atoms with E-state index in [4.69, 9.17) is 18.9 Å². The number of unbranched alkanes of at least 4 members (excludes halogenated alkanes) is 32. The van der Waals surface area contributed by atoms with Gasteiger partial charge in [0.2, 0.25) is 5.91 Å². The zero-order chi connectivity index (χ0) is 49.6. The van der Waals surface area contributed by atoms with Crippen LogP contribution in [-0.4, -0.2) is 140 Å². The Morgan fingerprint density at radius 1 is 0.471 bits per heavy atom. The topological polar surface area (TPSA) is 228 Å². The molecular weight excluding hydrogens is 871 g/mol. The molecule has 404 valence electrons. The molecule has 0 aromatic carbocycles. The van der Waals surface area contributed by atoms with Gasteiger partial charge in [0.1, 0.15) is 48.8 Å². The number of aliphatic hydroxyl groups is 8. The van der Waals surface area contributed by atoms with Gasteiger partial charge in [0.25, 0.3) is 0 Å². The Hall–Kier alpha value is -1.01. The SMILES string of the molecule is CCCCCCCCCCCCCCCCCCCCCCCCCCCCC(O)C(COC1OC(CO)C(OC2OC(CO)C(O)C(O)C2O)C(O)C1O)NC(=O)CCCCCCCCCC. The quantitative estimate of drug-likeness (QED) is 0.0261. The maximum Gasteiger partial charge on any atom is 0.220 e. The molecular formula is C54H105NO13. The van der Waals surface area contributed by atoms with Gasteiger partial charge in [-0.2, -0.15) is 0 Å². The number of nitrogens with one attached hydrogen (secondary N) is 1. The van der Waals surface area contributed by atoms with E-state index in [1.807, 2.05) is 0 Å². The van der Waals surface area contributed by atoms with Crippen LogP contribution in [0.25, 0.3) is 0 Å². The maximum absolute atomic E-state index is 13.1. The summed E-state index contributed by atoms with van der Waals surface area (Å²) in [4.78, 5) is 13.1. The Labute approximate surface area is 413 Å². The van der Waals surface area contributed by atoms with E-state index in [1.165, 1.54) is 167 Å². The summed E-state index contributed by atoms with van der Waals surface area (Å²) in [5, 5.41) is 86.9. The molecule has 12 unspecified atom stereocenters. The molecule has 0 spiro atoms. The molecule has 12 atom stereocenters. The van der Waals surface area contributed by atoms with Crippen molar-refractivity contribution in [3.63, 3.8) is 0 Å². The van der Waals surface area contributed by atoms with E-state index >= 15 is 0 Å². The van der Waals surface area contributed by atoms with Crippen molar-refractivity contribution in [2.45, 2.75) is 319 Å². The Bertz CT molecular complexity index is 1150. The molecule has 0 bridgehead atoms. The highest BCUT2D eigenvalue weighted by Crippen LogP contribution is 2.30. The first-order valence-electron chi connectivity index (χ1n) is 28.3. The van der Waals surface area contributed by atoms with Crippen LogP contribution in [0.1, 0.15) is 245 Å². The van der Waals surface area contributed by atoms with Gasteiger partial charge in [-0.1, -0.05) is 226 Å². The fourth-order valence-electron chi connectivity index (χ4n) is 9.71. The fourth-order valence-corrected chi connectivity index (χ4v) is 9.71. The number of ether oxygens (including phenoxy) is 4. The summed E-state index contributed by atoms with van der Waals surface area (Å²) < 4.78 is 22.7. The predicted molar refractivity (Wildman–Crippen MR) is 268 cm³/mol. The molecule has 2 aliphatic rings. The van der Waals surface area contributed by atoms with Crippen molar-refractivity contribution in [3.8, 4) is 0 Å². The van der Waals surface area contributed by atoms with Crippen molar-refractivity contribution in [2.75, 3.05) is 19.8 Å². The standard InChI is InChI=1S/C54H105NO13/c1-3-5-7-9-11-13-14-15-16-17-18-19-20-21-22-23-24-25-26-27-28-29-30-31-33-35-37-43(58)42(55-46(59)38-36-34-32-12-10-8-6-4-2)41-65-53-51(64)49(62)52(45(40-57)67-53)68-54-50(63)48(61)47(60)44(39-56)66-54/h42-45,47-54,56-58,60-64H,3-41H2,1-2H3,(H,55,59). The lowest BCUT2D eigenvalue weighted by molar-refractivity contribution is -0.359. The summed E-state index contributed by atoms with van der Waals surface area (Å²) >= 11 is 0. The number of hydrogen-bond acceptors (Lipinski definition) is 13. The molecule has 0 aromatic rings. The Morgan fingerprint density at radius 2 is 0.838 bits per heavy atom. The molecule has 9 N–H and O–H groups in total. The van der Waals surface area contributed by atoms with Gasteiger partial charge in [0, 0.05) is 6.42 Å². The molecule has 2 aliphatic heterocycles. The summed E-state index contributed by atoms with van der Waals surface area (Å²) in [6.45, 7) is 2.84. The van der Waals surface area contributed by atoms with Gasteiger partial charge in [-0.3, -0.25) is 4.79 Å². The van der Waals surface area contributed by atoms with Gasteiger partial charge < -0.3 is 65.1 Å². The van der Waals surface area contributed by atoms with Gasteiger partial charge in [-0.05, 0) is 12.8 Å². The highest BCUT2D eigenvalue weighted by molar-refractivity contribution is 5.76. The number of rotatable bonds is 45. The van der Waals surface area contributed by atoms with Crippen LogP contribution in [0.2, 0.25) is 0 Å². The lowest BCUT2D eigenvalue weighted by atomic mass is 9.97. The normalized spacial score (nSPS) is 26.3. The third kappa shape index (κ3) is 27.7. The molecule has 2 fully saturated rings. The first-order valence-corrected chi connectivity index (χ1v) is 28.3. The zero-order valence-corrected chi connectivity index (χ0v) is 43.1. The molecule has 0 aliphatic carbocycles. The third-order valence-electron chi connectivity index (χ3n) is 14.3. The van der Waals surface area contributed by atoms with E-state index < -0.39 is 86.8 Å². The average Bonchev–Trinajstić information content (AvgIpc) is 3.34. The van der Waals surface area contributed by atoms with E-state index in [9.17, 15) is 45.6 Å². The predicted octanol–water partition coefficient (Wildman–Crippen LogP) is 8.56. The van der Waals surface area contributed by atoms with Gasteiger partial charge in [-0.15, -0.1) is 0 Å². The summed E-state index contributed by atoms with van der Waals surface area (Å²) in [5.74, 6) is -0.208. The molecule has 14 nitrogen and oxygen atoms in total.